The average Bonchev–Trinajstić information content (AvgIpc) is 3.36. The summed E-state index contributed by atoms with van der Waals surface area (Å²) in [4.78, 5) is 63.1. The zero-order chi connectivity index (χ0) is 27.7. The summed E-state index contributed by atoms with van der Waals surface area (Å²) in [7, 11) is 0. The lowest BCUT2D eigenvalue weighted by atomic mass is 9.96. The number of nitrogens with one attached hydrogen (secondary N) is 2. The molecule has 2 rings (SSSR count). The number of carbonyl (C=O) groups is 5. The predicted molar refractivity (Wildman–Crippen MR) is 132 cm³/mol. The van der Waals surface area contributed by atoms with E-state index >= 15 is 0 Å². The maximum Gasteiger partial charge on any atom is 0.326 e. The van der Waals surface area contributed by atoms with Gasteiger partial charge >= 0.3 is 11.9 Å². The van der Waals surface area contributed by atoms with Crippen LogP contribution in [0.3, 0.4) is 0 Å². The van der Waals surface area contributed by atoms with Gasteiger partial charge < -0.3 is 36.6 Å². The number of carboxylic acids is 2. The van der Waals surface area contributed by atoms with Gasteiger partial charge in [-0.05, 0) is 42.9 Å². The van der Waals surface area contributed by atoms with E-state index in [1.165, 1.54) is 17.0 Å². The standard InChI is InChI=1S/C25H36N4O8/c1-3-14(2)21(28-22(33)17(26)10-11-20(31)32)23(34)27-18(13-15-6-8-16(30)9-7-15)24(35)29-12-4-5-19(29)25(36)37/h6-9,14,17-19,21,30H,3-5,10-13,26H2,1-2H3,(H,27,34)(H,28,33)(H,31,32)(H,36,37). The van der Waals surface area contributed by atoms with Crippen molar-refractivity contribution in [1.82, 2.24) is 15.5 Å². The number of benzene rings is 1. The molecule has 0 aromatic heterocycles. The summed E-state index contributed by atoms with van der Waals surface area (Å²) in [6.45, 7) is 3.80. The number of likely N-dealkylation sites (tertiary alicyclic amines) is 1. The van der Waals surface area contributed by atoms with E-state index in [-0.39, 0.29) is 37.5 Å². The smallest absolute Gasteiger partial charge is 0.326 e. The fraction of sp³-hybridized carbons (Fsp3) is 0.560. The highest BCUT2D eigenvalue weighted by Gasteiger charge is 2.39. The molecule has 1 aliphatic rings. The molecule has 1 aromatic rings. The molecular weight excluding hydrogens is 484 g/mol. The molecule has 0 spiro atoms. The van der Waals surface area contributed by atoms with Crippen LogP contribution in [0.4, 0.5) is 0 Å². The predicted octanol–water partition coefficient (Wildman–Crippen LogP) is 0.218. The third kappa shape index (κ3) is 8.45. The van der Waals surface area contributed by atoms with Crippen LogP contribution in [-0.2, 0) is 30.4 Å². The van der Waals surface area contributed by atoms with E-state index in [4.69, 9.17) is 10.8 Å². The second-order valence-electron chi connectivity index (χ2n) is 9.37. The molecule has 0 radical (unpaired) electrons. The van der Waals surface area contributed by atoms with Crippen molar-refractivity contribution in [3.63, 3.8) is 0 Å². The molecule has 0 bridgehead atoms. The van der Waals surface area contributed by atoms with Gasteiger partial charge in [0.2, 0.25) is 17.7 Å². The molecule has 1 aromatic carbocycles. The van der Waals surface area contributed by atoms with Crippen molar-refractivity contribution in [3.8, 4) is 5.75 Å². The average molecular weight is 521 g/mol. The van der Waals surface area contributed by atoms with Crippen molar-refractivity contribution in [3.05, 3.63) is 29.8 Å². The van der Waals surface area contributed by atoms with Crippen LogP contribution in [0.5, 0.6) is 5.75 Å². The number of carbonyl (C=O) groups excluding carboxylic acids is 3. The maximum atomic E-state index is 13.4. The molecule has 7 N–H and O–H groups in total. The monoisotopic (exact) mass is 520 g/mol. The first-order valence-electron chi connectivity index (χ1n) is 12.3. The highest BCUT2D eigenvalue weighted by molar-refractivity contribution is 5.94. The maximum absolute atomic E-state index is 13.4. The van der Waals surface area contributed by atoms with Crippen LogP contribution in [-0.4, -0.2) is 80.6 Å². The molecule has 1 heterocycles. The van der Waals surface area contributed by atoms with Gasteiger partial charge in [0.05, 0.1) is 6.04 Å². The minimum atomic E-state index is -1.13. The van der Waals surface area contributed by atoms with E-state index < -0.39 is 53.8 Å². The number of aromatic hydroxyl groups is 1. The number of phenolic OH excluding ortho intramolecular Hbond substituents is 1. The first-order valence-corrected chi connectivity index (χ1v) is 12.3. The third-order valence-corrected chi connectivity index (χ3v) is 6.61. The summed E-state index contributed by atoms with van der Waals surface area (Å²) in [6.07, 6.45) is 0.949. The normalized spacial score (nSPS) is 18.4. The highest BCUT2D eigenvalue weighted by Crippen LogP contribution is 2.21. The quantitative estimate of drug-likeness (QED) is 0.210. The van der Waals surface area contributed by atoms with E-state index in [0.29, 0.717) is 24.8 Å². The highest BCUT2D eigenvalue weighted by atomic mass is 16.4. The molecule has 1 saturated heterocycles. The Morgan fingerprint density at radius 3 is 2.30 bits per heavy atom. The Bertz CT molecular complexity index is 983. The molecule has 5 unspecified atom stereocenters. The fourth-order valence-corrected chi connectivity index (χ4v) is 4.19. The first kappa shape index (κ1) is 29.6. The van der Waals surface area contributed by atoms with Crippen molar-refractivity contribution < 1.29 is 39.3 Å². The second-order valence-corrected chi connectivity index (χ2v) is 9.37. The molecule has 0 saturated carbocycles. The molecule has 3 amide bonds. The third-order valence-electron chi connectivity index (χ3n) is 6.61. The van der Waals surface area contributed by atoms with E-state index in [0.717, 1.165) is 0 Å². The summed E-state index contributed by atoms with van der Waals surface area (Å²) in [5.41, 5.74) is 6.43. The van der Waals surface area contributed by atoms with Crippen LogP contribution in [0.1, 0.15) is 51.5 Å². The van der Waals surface area contributed by atoms with Crippen LogP contribution in [0.15, 0.2) is 24.3 Å². The van der Waals surface area contributed by atoms with E-state index in [9.17, 15) is 34.2 Å². The lowest BCUT2D eigenvalue weighted by Gasteiger charge is -2.30. The van der Waals surface area contributed by atoms with Gasteiger partial charge in [-0.25, -0.2) is 4.79 Å². The Morgan fingerprint density at radius 1 is 1.08 bits per heavy atom. The van der Waals surface area contributed by atoms with E-state index in [1.807, 2.05) is 6.92 Å². The Kier molecular flexibility index (Phi) is 10.9. The molecule has 1 fully saturated rings. The Labute approximate surface area is 215 Å². The fourth-order valence-electron chi connectivity index (χ4n) is 4.19. The van der Waals surface area contributed by atoms with Crippen molar-refractivity contribution in [2.45, 2.75) is 76.5 Å². The van der Waals surface area contributed by atoms with Crippen LogP contribution in [0, 0.1) is 5.92 Å². The van der Waals surface area contributed by atoms with Crippen molar-refractivity contribution in [2.75, 3.05) is 6.54 Å². The number of hydrogen-bond acceptors (Lipinski definition) is 7. The summed E-state index contributed by atoms with van der Waals surface area (Å²) < 4.78 is 0. The molecule has 12 nitrogen and oxygen atoms in total. The number of carboxylic acid groups (broad SMARTS) is 2. The number of hydrogen-bond donors (Lipinski definition) is 6. The van der Waals surface area contributed by atoms with Crippen molar-refractivity contribution in [1.29, 1.82) is 0 Å². The zero-order valence-corrected chi connectivity index (χ0v) is 21.1. The van der Waals surface area contributed by atoms with E-state index in [2.05, 4.69) is 10.6 Å². The van der Waals surface area contributed by atoms with E-state index in [1.54, 1.807) is 19.1 Å². The van der Waals surface area contributed by atoms with Gasteiger partial charge in [0.15, 0.2) is 0 Å². The van der Waals surface area contributed by atoms with Gasteiger partial charge in [0.1, 0.15) is 23.9 Å². The van der Waals surface area contributed by atoms with Crippen LogP contribution in [0.2, 0.25) is 0 Å². The zero-order valence-electron chi connectivity index (χ0n) is 21.1. The number of aliphatic carboxylic acids is 2. The molecule has 204 valence electrons. The molecular formula is C25H36N4O8. The van der Waals surface area contributed by atoms with Crippen molar-refractivity contribution >= 4 is 29.7 Å². The molecule has 1 aliphatic heterocycles. The van der Waals surface area contributed by atoms with Crippen LogP contribution < -0.4 is 16.4 Å². The summed E-state index contributed by atoms with van der Waals surface area (Å²) in [5, 5.41) is 33.2. The van der Waals surface area contributed by atoms with Gasteiger partial charge in [0, 0.05) is 19.4 Å². The first-order chi connectivity index (χ1) is 17.4. The lowest BCUT2D eigenvalue weighted by Crippen LogP contribution is -2.59. The molecule has 37 heavy (non-hydrogen) atoms. The largest absolute Gasteiger partial charge is 0.508 e. The van der Waals surface area contributed by atoms with Gasteiger partial charge in [-0.3, -0.25) is 19.2 Å². The van der Waals surface area contributed by atoms with Crippen LogP contribution in [0.25, 0.3) is 0 Å². The Hall–Kier alpha value is -3.67. The minimum absolute atomic E-state index is 0.0277. The Morgan fingerprint density at radius 2 is 1.73 bits per heavy atom. The van der Waals surface area contributed by atoms with Gasteiger partial charge in [0.25, 0.3) is 0 Å². The number of nitrogens with two attached hydrogens (primary N) is 1. The number of nitrogens with zero attached hydrogens (tertiary/aromatic N) is 1. The summed E-state index contributed by atoms with van der Waals surface area (Å²) in [6, 6.07) is 1.75. The van der Waals surface area contributed by atoms with Gasteiger partial charge in [-0.15, -0.1) is 0 Å². The summed E-state index contributed by atoms with van der Waals surface area (Å²) >= 11 is 0. The van der Waals surface area contributed by atoms with Crippen molar-refractivity contribution in [2.24, 2.45) is 11.7 Å². The van der Waals surface area contributed by atoms with Gasteiger partial charge in [-0.2, -0.15) is 0 Å². The molecule has 12 heteroatoms. The second kappa shape index (κ2) is 13.6. The summed E-state index contributed by atoms with van der Waals surface area (Å²) in [5.74, 6) is -4.43. The Balaban J connectivity index is 2.26. The molecule has 5 atom stereocenters. The van der Waals surface area contributed by atoms with Crippen LogP contribution >= 0.6 is 0 Å². The molecule has 0 aliphatic carbocycles. The van der Waals surface area contributed by atoms with Gasteiger partial charge in [-0.1, -0.05) is 32.4 Å². The number of phenols is 1. The SMILES string of the molecule is CCC(C)C(NC(=O)C(N)CCC(=O)O)C(=O)NC(Cc1ccc(O)cc1)C(=O)N1CCCC1C(=O)O. The number of amides is 3. The minimum Gasteiger partial charge on any atom is -0.508 e. The topological polar surface area (TPSA) is 199 Å². The number of rotatable bonds is 13. The lowest BCUT2D eigenvalue weighted by molar-refractivity contribution is -0.149.